The molecule has 0 saturated heterocycles. The molecule has 0 spiro atoms. The summed E-state index contributed by atoms with van der Waals surface area (Å²) in [5, 5.41) is 0. The number of hydrogen-bond acceptors (Lipinski definition) is 3. The van der Waals surface area contributed by atoms with Crippen LogP contribution >= 0.6 is 15.9 Å². The van der Waals surface area contributed by atoms with Crippen molar-refractivity contribution in [1.82, 2.24) is 4.98 Å². The third-order valence-corrected chi connectivity index (χ3v) is 4.43. The minimum Gasteiger partial charge on any atom is -0.356 e. The number of aromatic nitrogens is 1. The van der Waals surface area contributed by atoms with Gasteiger partial charge in [-0.3, -0.25) is 0 Å². The van der Waals surface area contributed by atoms with Crippen LogP contribution in [0.1, 0.15) is 38.2 Å². The zero-order valence-electron chi connectivity index (χ0n) is 11.2. The summed E-state index contributed by atoms with van der Waals surface area (Å²) >= 11 is 3.45. The lowest BCUT2D eigenvalue weighted by Gasteiger charge is -2.35. The quantitative estimate of drug-likeness (QED) is 0.931. The Morgan fingerprint density at radius 2 is 2.06 bits per heavy atom. The maximum atomic E-state index is 5.82. The molecule has 0 atom stereocenters. The van der Waals surface area contributed by atoms with Gasteiger partial charge in [-0.2, -0.15) is 0 Å². The molecule has 1 heterocycles. The molecule has 0 aliphatic heterocycles. The predicted octanol–water partition coefficient (Wildman–Crippen LogP) is 3.32. The van der Waals surface area contributed by atoms with Gasteiger partial charge in [-0.1, -0.05) is 6.92 Å². The second-order valence-corrected chi connectivity index (χ2v) is 6.28. The minimum absolute atomic E-state index is 0.537. The molecule has 18 heavy (non-hydrogen) atoms. The lowest BCUT2D eigenvalue weighted by Crippen LogP contribution is -2.36. The lowest BCUT2D eigenvalue weighted by atomic mass is 9.86. The summed E-state index contributed by atoms with van der Waals surface area (Å²) in [4.78, 5) is 6.86. The highest BCUT2D eigenvalue weighted by Gasteiger charge is 2.23. The zero-order chi connectivity index (χ0) is 13.1. The van der Waals surface area contributed by atoms with Crippen LogP contribution in [0.25, 0.3) is 0 Å². The number of anilines is 1. The van der Waals surface area contributed by atoms with Gasteiger partial charge >= 0.3 is 0 Å². The molecule has 2 N–H and O–H groups in total. The first kappa shape index (κ1) is 13.8. The Labute approximate surface area is 118 Å². The molecule has 1 saturated carbocycles. The molecule has 0 aromatic carbocycles. The summed E-state index contributed by atoms with van der Waals surface area (Å²) in [6, 6.07) is 2.68. The molecule has 1 aliphatic carbocycles. The average molecular weight is 312 g/mol. The molecular formula is C14H22BrN3. The van der Waals surface area contributed by atoms with Crippen molar-refractivity contribution in [3.05, 3.63) is 22.3 Å². The topological polar surface area (TPSA) is 42.2 Å². The molecular weight excluding hydrogens is 290 g/mol. The van der Waals surface area contributed by atoms with Gasteiger partial charge in [0.15, 0.2) is 0 Å². The highest BCUT2D eigenvalue weighted by molar-refractivity contribution is 9.10. The number of nitrogens with two attached hydrogens (primary N) is 1. The first-order valence-electron chi connectivity index (χ1n) is 6.69. The normalized spacial score (nSPS) is 24.0. The van der Waals surface area contributed by atoms with E-state index < -0.39 is 0 Å². The van der Waals surface area contributed by atoms with Crippen molar-refractivity contribution in [3.8, 4) is 0 Å². The average Bonchev–Trinajstić information content (AvgIpc) is 2.38. The van der Waals surface area contributed by atoms with Crippen molar-refractivity contribution in [2.24, 2.45) is 11.7 Å². The van der Waals surface area contributed by atoms with Gasteiger partial charge in [0.2, 0.25) is 0 Å². The van der Waals surface area contributed by atoms with Crippen LogP contribution in [-0.2, 0) is 6.54 Å². The number of halogens is 1. The van der Waals surface area contributed by atoms with Gasteiger partial charge in [0.05, 0.1) is 0 Å². The highest BCUT2D eigenvalue weighted by atomic mass is 79.9. The molecule has 1 fully saturated rings. The Morgan fingerprint density at radius 3 is 2.67 bits per heavy atom. The van der Waals surface area contributed by atoms with Crippen molar-refractivity contribution < 1.29 is 0 Å². The van der Waals surface area contributed by atoms with Crippen molar-refractivity contribution >= 4 is 21.7 Å². The maximum Gasteiger partial charge on any atom is 0.133 e. The van der Waals surface area contributed by atoms with Gasteiger partial charge in [0.25, 0.3) is 0 Å². The molecule has 1 aromatic rings. The summed E-state index contributed by atoms with van der Waals surface area (Å²) in [6.45, 7) is 2.88. The molecule has 3 nitrogen and oxygen atoms in total. The molecule has 0 unspecified atom stereocenters. The fraction of sp³-hybridized carbons (Fsp3) is 0.643. The second kappa shape index (κ2) is 6.02. The van der Waals surface area contributed by atoms with Crippen LogP contribution in [0, 0.1) is 5.92 Å². The van der Waals surface area contributed by atoms with E-state index in [0.29, 0.717) is 12.6 Å². The Hall–Kier alpha value is -0.610. The van der Waals surface area contributed by atoms with E-state index in [-0.39, 0.29) is 0 Å². The smallest absolute Gasteiger partial charge is 0.133 e. The Kier molecular flexibility index (Phi) is 4.62. The number of nitrogens with zero attached hydrogens (tertiary/aromatic N) is 2. The summed E-state index contributed by atoms with van der Waals surface area (Å²) < 4.78 is 0.998. The molecule has 2 rings (SSSR count). The molecule has 0 amide bonds. The van der Waals surface area contributed by atoms with Crippen LogP contribution < -0.4 is 10.6 Å². The SMILES string of the molecule is CC1CCC(N(C)c2ncc(Br)cc2CN)CC1. The van der Waals surface area contributed by atoms with Crippen LogP contribution in [-0.4, -0.2) is 18.1 Å². The van der Waals surface area contributed by atoms with Crippen molar-refractivity contribution in [3.63, 3.8) is 0 Å². The zero-order valence-corrected chi connectivity index (χ0v) is 12.8. The minimum atomic E-state index is 0.537. The Balaban J connectivity index is 2.15. The van der Waals surface area contributed by atoms with Crippen LogP contribution in [0.4, 0.5) is 5.82 Å². The summed E-state index contributed by atoms with van der Waals surface area (Å²) in [5.74, 6) is 1.92. The highest BCUT2D eigenvalue weighted by Crippen LogP contribution is 2.30. The van der Waals surface area contributed by atoms with E-state index in [1.807, 2.05) is 6.20 Å². The Bertz CT molecular complexity index is 400. The fourth-order valence-electron chi connectivity index (χ4n) is 2.74. The van der Waals surface area contributed by atoms with E-state index in [9.17, 15) is 0 Å². The van der Waals surface area contributed by atoms with Crippen molar-refractivity contribution in [1.29, 1.82) is 0 Å². The first-order valence-corrected chi connectivity index (χ1v) is 7.48. The van der Waals surface area contributed by atoms with E-state index in [1.54, 1.807) is 0 Å². The molecule has 4 heteroatoms. The molecule has 0 radical (unpaired) electrons. The number of pyridine rings is 1. The number of rotatable bonds is 3. The molecule has 1 aliphatic rings. The van der Waals surface area contributed by atoms with Gasteiger partial charge in [0.1, 0.15) is 5.82 Å². The van der Waals surface area contributed by atoms with E-state index in [4.69, 9.17) is 5.73 Å². The van der Waals surface area contributed by atoms with Gasteiger partial charge in [-0.05, 0) is 53.6 Å². The third kappa shape index (κ3) is 3.04. The van der Waals surface area contributed by atoms with Crippen LogP contribution in [0.3, 0.4) is 0 Å². The number of hydrogen-bond donors (Lipinski definition) is 1. The monoisotopic (exact) mass is 311 g/mol. The standard InChI is InChI=1S/C14H22BrN3/c1-10-3-5-13(6-4-10)18(2)14-11(8-16)7-12(15)9-17-14/h7,9-10,13H,3-6,8,16H2,1-2H3. The van der Waals surface area contributed by atoms with E-state index >= 15 is 0 Å². The Morgan fingerprint density at radius 1 is 1.39 bits per heavy atom. The third-order valence-electron chi connectivity index (χ3n) is 4.00. The molecule has 1 aromatic heterocycles. The predicted molar refractivity (Wildman–Crippen MR) is 79.7 cm³/mol. The van der Waals surface area contributed by atoms with Crippen LogP contribution in [0.2, 0.25) is 0 Å². The largest absolute Gasteiger partial charge is 0.356 e. The van der Waals surface area contributed by atoms with Gasteiger partial charge < -0.3 is 10.6 Å². The van der Waals surface area contributed by atoms with Gasteiger partial charge in [-0.25, -0.2) is 4.98 Å². The lowest BCUT2D eigenvalue weighted by molar-refractivity contribution is 0.339. The van der Waals surface area contributed by atoms with E-state index in [2.05, 4.69) is 45.9 Å². The molecule has 100 valence electrons. The summed E-state index contributed by atoms with van der Waals surface area (Å²) in [7, 11) is 2.15. The van der Waals surface area contributed by atoms with E-state index in [0.717, 1.165) is 21.8 Å². The van der Waals surface area contributed by atoms with Crippen molar-refractivity contribution in [2.45, 2.75) is 45.2 Å². The van der Waals surface area contributed by atoms with Crippen LogP contribution in [0.5, 0.6) is 0 Å². The second-order valence-electron chi connectivity index (χ2n) is 5.36. The fourth-order valence-corrected chi connectivity index (χ4v) is 3.12. The maximum absolute atomic E-state index is 5.82. The van der Waals surface area contributed by atoms with Gasteiger partial charge in [0, 0.05) is 35.9 Å². The van der Waals surface area contributed by atoms with E-state index in [1.165, 1.54) is 25.7 Å². The first-order chi connectivity index (χ1) is 8.61. The summed E-state index contributed by atoms with van der Waals surface area (Å²) in [6.07, 6.45) is 7.03. The van der Waals surface area contributed by atoms with Gasteiger partial charge in [-0.15, -0.1) is 0 Å². The van der Waals surface area contributed by atoms with Crippen molar-refractivity contribution in [2.75, 3.05) is 11.9 Å². The summed E-state index contributed by atoms with van der Waals surface area (Å²) in [5.41, 5.74) is 6.94. The van der Waals surface area contributed by atoms with Crippen LogP contribution in [0.15, 0.2) is 16.7 Å². The molecule has 0 bridgehead atoms.